The van der Waals surface area contributed by atoms with Gasteiger partial charge in [0.1, 0.15) is 5.69 Å². The number of nitrogens with two attached hydrogens (primary N) is 1. The first kappa shape index (κ1) is 17.3. The summed E-state index contributed by atoms with van der Waals surface area (Å²) in [4.78, 5) is 22.4. The van der Waals surface area contributed by atoms with Gasteiger partial charge in [-0.05, 0) is 39.1 Å². The van der Waals surface area contributed by atoms with Gasteiger partial charge >= 0.3 is 0 Å². The topological polar surface area (TPSA) is 72.5 Å². The molecule has 0 spiro atoms. The van der Waals surface area contributed by atoms with E-state index >= 15 is 0 Å². The number of benzene rings is 1. The van der Waals surface area contributed by atoms with Gasteiger partial charge in [0.15, 0.2) is 0 Å². The first-order valence-electron chi connectivity index (χ1n) is 7.26. The molecule has 0 heterocycles. The number of rotatable bonds is 4. The van der Waals surface area contributed by atoms with Gasteiger partial charge in [-0.2, -0.15) is 0 Å². The molecule has 0 fully saturated rings. The minimum atomic E-state index is -0.317. The molecule has 0 unspecified atom stereocenters. The molecule has 2 N–H and O–H groups in total. The van der Waals surface area contributed by atoms with Crippen molar-refractivity contribution >= 4 is 11.6 Å². The number of nitroso groups, excluding NO2 is 1. The largest absolute Gasteiger partial charge is 0.370 e. The quantitative estimate of drug-likeness (QED) is 0.848. The van der Waals surface area contributed by atoms with Crippen LogP contribution in [0.4, 0.5) is 5.69 Å². The number of primary amides is 1. The van der Waals surface area contributed by atoms with Crippen molar-refractivity contribution in [3.05, 3.63) is 33.7 Å². The molecule has 0 saturated carbocycles. The van der Waals surface area contributed by atoms with Crippen LogP contribution in [0, 0.1) is 4.91 Å². The molecule has 0 aromatic heterocycles. The van der Waals surface area contributed by atoms with Gasteiger partial charge in [-0.3, -0.25) is 4.79 Å². The van der Waals surface area contributed by atoms with Crippen LogP contribution in [0.1, 0.15) is 64.7 Å². The molecule has 0 saturated heterocycles. The highest BCUT2D eigenvalue weighted by atomic mass is 16.3. The maximum absolute atomic E-state index is 11.4. The molecule has 1 aromatic rings. The Labute approximate surface area is 127 Å². The highest BCUT2D eigenvalue weighted by molar-refractivity contribution is 5.74. The lowest BCUT2D eigenvalue weighted by Crippen LogP contribution is -2.18. The Morgan fingerprint density at radius 3 is 1.76 bits per heavy atom. The molecule has 0 aliphatic carbocycles. The number of hydrogen-bond acceptors (Lipinski definition) is 3. The average Bonchev–Trinajstić information content (AvgIpc) is 2.32. The molecule has 0 atom stereocenters. The van der Waals surface area contributed by atoms with Crippen molar-refractivity contribution < 1.29 is 4.79 Å². The molecule has 0 bridgehead atoms. The van der Waals surface area contributed by atoms with Gasteiger partial charge in [0, 0.05) is 6.42 Å². The molecular formula is C17H26N2O2. The van der Waals surface area contributed by atoms with Crippen LogP contribution in [-0.2, 0) is 22.0 Å². The molecular weight excluding hydrogens is 264 g/mol. The molecule has 1 aromatic carbocycles. The predicted molar refractivity (Wildman–Crippen MR) is 86.8 cm³/mol. The van der Waals surface area contributed by atoms with Gasteiger partial charge in [0.25, 0.3) is 0 Å². The summed E-state index contributed by atoms with van der Waals surface area (Å²) in [5, 5.41) is 3.30. The van der Waals surface area contributed by atoms with Gasteiger partial charge in [-0.15, -0.1) is 4.91 Å². The van der Waals surface area contributed by atoms with E-state index in [4.69, 9.17) is 5.73 Å². The van der Waals surface area contributed by atoms with Crippen molar-refractivity contribution in [2.75, 3.05) is 0 Å². The number of aryl methyl sites for hydroxylation is 1. The number of carbonyl (C=O) groups excluding carboxylic acids is 1. The van der Waals surface area contributed by atoms with E-state index in [9.17, 15) is 9.70 Å². The van der Waals surface area contributed by atoms with E-state index in [2.05, 4.69) is 46.7 Å². The molecule has 4 heteroatoms. The van der Waals surface area contributed by atoms with E-state index in [-0.39, 0.29) is 16.7 Å². The van der Waals surface area contributed by atoms with Crippen LogP contribution in [0.15, 0.2) is 17.3 Å². The van der Waals surface area contributed by atoms with Crippen molar-refractivity contribution in [2.24, 2.45) is 10.9 Å². The van der Waals surface area contributed by atoms with Crippen LogP contribution in [0.2, 0.25) is 0 Å². The smallest absolute Gasteiger partial charge is 0.217 e. The summed E-state index contributed by atoms with van der Waals surface area (Å²) in [5.74, 6) is -0.317. The zero-order valence-corrected chi connectivity index (χ0v) is 13.9. The minimum absolute atomic E-state index is 0.189. The second-order valence-electron chi connectivity index (χ2n) is 7.60. The average molecular weight is 290 g/mol. The van der Waals surface area contributed by atoms with Gasteiger partial charge in [-0.1, -0.05) is 53.7 Å². The van der Waals surface area contributed by atoms with E-state index < -0.39 is 0 Å². The number of amides is 1. The Hall–Kier alpha value is -1.71. The first-order valence-corrected chi connectivity index (χ1v) is 7.26. The normalized spacial score (nSPS) is 12.3. The third kappa shape index (κ3) is 4.38. The van der Waals surface area contributed by atoms with Crippen LogP contribution >= 0.6 is 0 Å². The molecule has 1 rings (SSSR count). The standard InChI is InChI=1S/C17H26N2O2/c1-16(2,3)12-9-11(7-8-14(18)20)10-13(15(12)19-21)17(4,5)6/h9-10H,7-8H2,1-6H3,(H2,18,20). The maximum Gasteiger partial charge on any atom is 0.217 e. The number of hydrogen-bond donors (Lipinski definition) is 1. The molecule has 0 radical (unpaired) electrons. The Balaban J connectivity index is 3.51. The predicted octanol–water partition coefficient (Wildman–Crippen LogP) is 4.10. The van der Waals surface area contributed by atoms with Crippen molar-refractivity contribution in [3.63, 3.8) is 0 Å². The molecule has 0 aliphatic heterocycles. The van der Waals surface area contributed by atoms with Gasteiger partial charge < -0.3 is 5.73 Å². The Morgan fingerprint density at radius 1 is 1.05 bits per heavy atom. The van der Waals surface area contributed by atoms with Crippen LogP contribution < -0.4 is 5.73 Å². The Kier molecular flexibility index (Phi) is 4.92. The fraction of sp³-hybridized carbons (Fsp3) is 0.588. The fourth-order valence-corrected chi connectivity index (χ4v) is 2.35. The van der Waals surface area contributed by atoms with E-state index in [1.807, 2.05) is 12.1 Å². The number of carbonyl (C=O) groups is 1. The van der Waals surface area contributed by atoms with Crippen molar-refractivity contribution in [3.8, 4) is 0 Å². The highest BCUT2D eigenvalue weighted by Gasteiger charge is 2.27. The maximum atomic E-state index is 11.4. The fourth-order valence-electron chi connectivity index (χ4n) is 2.35. The monoisotopic (exact) mass is 290 g/mol. The lowest BCUT2D eigenvalue weighted by atomic mass is 9.77. The van der Waals surface area contributed by atoms with Crippen molar-refractivity contribution in [2.45, 2.75) is 65.2 Å². The van der Waals surface area contributed by atoms with E-state index in [1.165, 1.54) is 0 Å². The van der Waals surface area contributed by atoms with Crippen molar-refractivity contribution in [1.82, 2.24) is 0 Å². The van der Waals surface area contributed by atoms with Crippen LogP contribution in [0.25, 0.3) is 0 Å². The van der Waals surface area contributed by atoms with Crippen molar-refractivity contribution in [1.29, 1.82) is 0 Å². The summed E-state index contributed by atoms with van der Waals surface area (Å²) in [7, 11) is 0. The molecule has 21 heavy (non-hydrogen) atoms. The zero-order chi connectivity index (χ0) is 16.4. The summed E-state index contributed by atoms with van der Waals surface area (Å²) in [6.45, 7) is 12.3. The second-order valence-corrected chi connectivity index (χ2v) is 7.60. The van der Waals surface area contributed by atoms with Crippen LogP contribution in [0.5, 0.6) is 0 Å². The third-order valence-corrected chi connectivity index (χ3v) is 3.54. The molecule has 116 valence electrons. The summed E-state index contributed by atoms with van der Waals surface area (Å²) < 4.78 is 0. The highest BCUT2D eigenvalue weighted by Crippen LogP contribution is 2.40. The Morgan fingerprint density at radius 2 is 1.48 bits per heavy atom. The van der Waals surface area contributed by atoms with Gasteiger partial charge in [0.2, 0.25) is 5.91 Å². The van der Waals surface area contributed by atoms with Gasteiger partial charge in [0.05, 0.1) is 0 Å². The summed E-state index contributed by atoms with van der Waals surface area (Å²) >= 11 is 0. The zero-order valence-electron chi connectivity index (χ0n) is 13.9. The summed E-state index contributed by atoms with van der Waals surface area (Å²) in [5.41, 5.74) is 8.25. The summed E-state index contributed by atoms with van der Waals surface area (Å²) in [6, 6.07) is 3.96. The minimum Gasteiger partial charge on any atom is -0.370 e. The lowest BCUT2D eigenvalue weighted by molar-refractivity contribution is -0.117. The molecule has 0 aliphatic rings. The molecule has 4 nitrogen and oxygen atoms in total. The van der Waals surface area contributed by atoms with Gasteiger partial charge in [-0.25, -0.2) is 0 Å². The SMILES string of the molecule is CC(C)(C)c1cc(CCC(N)=O)cc(C(C)(C)C)c1N=O. The Bertz CT molecular complexity index is 514. The number of nitrogens with zero attached hydrogens (tertiary/aromatic N) is 1. The van der Waals surface area contributed by atoms with Crippen LogP contribution in [-0.4, -0.2) is 5.91 Å². The summed E-state index contributed by atoms with van der Waals surface area (Å²) in [6.07, 6.45) is 0.891. The second kappa shape index (κ2) is 5.96. The third-order valence-electron chi connectivity index (χ3n) is 3.54. The van der Waals surface area contributed by atoms with E-state index in [0.717, 1.165) is 16.7 Å². The van der Waals surface area contributed by atoms with E-state index in [1.54, 1.807) is 0 Å². The van der Waals surface area contributed by atoms with Crippen LogP contribution in [0.3, 0.4) is 0 Å². The first-order chi connectivity index (χ1) is 9.46. The molecule has 1 amide bonds. The van der Waals surface area contributed by atoms with E-state index in [0.29, 0.717) is 18.5 Å². The lowest BCUT2D eigenvalue weighted by Gasteiger charge is -2.28.